The second-order valence-electron chi connectivity index (χ2n) is 6.77. The van der Waals surface area contributed by atoms with Crippen molar-refractivity contribution < 1.29 is 5.11 Å². The highest BCUT2D eigenvalue weighted by atomic mass is 127. The predicted octanol–water partition coefficient (Wildman–Crippen LogP) is 4.86. The Morgan fingerprint density at radius 1 is 1.07 bits per heavy atom. The summed E-state index contributed by atoms with van der Waals surface area (Å²) in [5, 5.41) is 19.4. The average Bonchev–Trinajstić information content (AvgIpc) is 3.20. The lowest BCUT2D eigenvalue weighted by molar-refractivity contribution is 0.184. The molecule has 0 radical (unpaired) electrons. The van der Waals surface area contributed by atoms with E-state index in [2.05, 4.69) is 57.0 Å². The van der Waals surface area contributed by atoms with Gasteiger partial charge in [0.25, 0.3) is 0 Å². The molecule has 2 aromatic heterocycles. The summed E-state index contributed by atoms with van der Waals surface area (Å²) in [5.74, 6) is 0.681. The molecular weight excluding hydrogens is 507 g/mol. The van der Waals surface area contributed by atoms with Gasteiger partial charge < -0.3 is 15.7 Å². The van der Waals surface area contributed by atoms with Crippen LogP contribution in [-0.4, -0.2) is 29.1 Å². The monoisotopic (exact) mass is 532 g/mol. The Bertz CT molecular complexity index is 1110. The zero-order valence-corrected chi connectivity index (χ0v) is 19.9. The fourth-order valence-electron chi connectivity index (χ4n) is 3.26. The fraction of sp³-hybridized carbons (Fsp3) is 0.217. The number of hydrogen-bond donors (Lipinski definition) is 3. The first kappa shape index (κ1) is 22.5. The van der Waals surface area contributed by atoms with E-state index in [0.29, 0.717) is 19.0 Å². The number of thiophene rings is 1. The van der Waals surface area contributed by atoms with Gasteiger partial charge in [0, 0.05) is 34.2 Å². The van der Waals surface area contributed by atoms with Crippen molar-refractivity contribution in [3.05, 3.63) is 77.3 Å². The molecule has 0 aliphatic rings. The largest absolute Gasteiger partial charge is 0.386 e. The molecule has 1 unspecified atom stereocenters. The molecule has 5 nitrogen and oxygen atoms in total. The van der Waals surface area contributed by atoms with Crippen LogP contribution >= 0.6 is 35.3 Å². The number of para-hydroxylation sites is 1. The van der Waals surface area contributed by atoms with E-state index in [1.165, 1.54) is 4.70 Å². The molecule has 0 amide bonds. The Kier molecular flexibility index (Phi) is 8.01. The molecule has 7 heteroatoms. The minimum Gasteiger partial charge on any atom is -0.386 e. The third kappa shape index (κ3) is 5.27. The van der Waals surface area contributed by atoms with Gasteiger partial charge in [-0.2, -0.15) is 0 Å². The standard InChI is InChI=1S/C23H24N4OS.HI/c1-2-24-23(26-14-18-9-5-8-16-10-6-12-25-22(16)18)27-15-19(28)21-13-17-7-3-4-11-20(17)29-21;/h3-13,19,28H,2,14-15H2,1H3,(H2,24,26,27);1H. The van der Waals surface area contributed by atoms with Crippen LogP contribution in [0, 0.1) is 0 Å². The molecule has 0 aliphatic carbocycles. The third-order valence-corrected chi connectivity index (χ3v) is 5.92. The quantitative estimate of drug-likeness (QED) is 0.189. The van der Waals surface area contributed by atoms with E-state index in [9.17, 15) is 5.11 Å². The first-order valence-electron chi connectivity index (χ1n) is 9.76. The maximum absolute atomic E-state index is 10.6. The predicted molar refractivity (Wildman–Crippen MR) is 137 cm³/mol. The first-order valence-corrected chi connectivity index (χ1v) is 10.6. The number of pyridine rings is 1. The van der Waals surface area contributed by atoms with Crippen molar-refractivity contribution in [3.63, 3.8) is 0 Å². The van der Waals surface area contributed by atoms with Gasteiger partial charge in [-0.1, -0.05) is 42.5 Å². The zero-order valence-electron chi connectivity index (χ0n) is 16.7. The molecule has 4 aromatic rings. The number of aliphatic imine (C=N–C) groups is 1. The van der Waals surface area contributed by atoms with Crippen LogP contribution in [-0.2, 0) is 6.54 Å². The number of nitrogens with one attached hydrogen (secondary N) is 2. The maximum atomic E-state index is 10.6. The Morgan fingerprint density at radius 3 is 2.70 bits per heavy atom. The fourth-order valence-corrected chi connectivity index (χ4v) is 4.31. The second-order valence-corrected chi connectivity index (χ2v) is 7.89. The first-order chi connectivity index (χ1) is 14.2. The van der Waals surface area contributed by atoms with Gasteiger partial charge in [0.05, 0.1) is 12.1 Å². The van der Waals surface area contributed by atoms with E-state index in [-0.39, 0.29) is 24.0 Å². The van der Waals surface area contributed by atoms with Gasteiger partial charge in [0.15, 0.2) is 5.96 Å². The summed E-state index contributed by atoms with van der Waals surface area (Å²) in [6, 6.07) is 20.4. The highest BCUT2D eigenvalue weighted by Gasteiger charge is 2.12. The summed E-state index contributed by atoms with van der Waals surface area (Å²) >= 11 is 1.62. The molecule has 0 bridgehead atoms. The highest BCUT2D eigenvalue weighted by Crippen LogP contribution is 2.29. The van der Waals surface area contributed by atoms with Crippen LogP contribution in [0.5, 0.6) is 0 Å². The van der Waals surface area contributed by atoms with Gasteiger partial charge in [-0.3, -0.25) is 4.98 Å². The number of fused-ring (bicyclic) bond motifs is 2. The lowest BCUT2D eigenvalue weighted by atomic mass is 10.1. The summed E-state index contributed by atoms with van der Waals surface area (Å²) in [5.41, 5.74) is 2.05. The van der Waals surface area contributed by atoms with Crippen LogP contribution in [0.25, 0.3) is 21.0 Å². The maximum Gasteiger partial charge on any atom is 0.191 e. The third-order valence-electron chi connectivity index (χ3n) is 4.70. The van der Waals surface area contributed by atoms with Gasteiger partial charge in [-0.25, -0.2) is 4.99 Å². The van der Waals surface area contributed by atoms with Crippen molar-refractivity contribution in [2.75, 3.05) is 13.1 Å². The molecular formula is C23H25IN4OS. The number of aromatic nitrogens is 1. The van der Waals surface area contributed by atoms with Crippen LogP contribution in [0.4, 0.5) is 0 Å². The van der Waals surface area contributed by atoms with E-state index in [1.54, 1.807) is 17.5 Å². The van der Waals surface area contributed by atoms with Gasteiger partial charge in [-0.05, 0) is 36.1 Å². The molecule has 0 spiro atoms. The van der Waals surface area contributed by atoms with Crippen molar-refractivity contribution in [1.29, 1.82) is 0 Å². The van der Waals surface area contributed by atoms with E-state index in [4.69, 9.17) is 0 Å². The normalized spacial score (nSPS) is 12.5. The van der Waals surface area contributed by atoms with Gasteiger partial charge in [0.2, 0.25) is 0 Å². The van der Waals surface area contributed by atoms with E-state index in [1.807, 2.05) is 31.2 Å². The van der Waals surface area contributed by atoms with Crippen LogP contribution < -0.4 is 10.6 Å². The molecule has 2 aromatic carbocycles. The molecule has 0 fully saturated rings. The summed E-state index contributed by atoms with van der Waals surface area (Å²) in [6.45, 7) is 3.69. The van der Waals surface area contributed by atoms with Crippen molar-refractivity contribution >= 4 is 62.3 Å². The minimum absolute atomic E-state index is 0. The Labute approximate surface area is 197 Å². The summed E-state index contributed by atoms with van der Waals surface area (Å²) in [7, 11) is 0. The topological polar surface area (TPSA) is 69.5 Å². The Morgan fingerprint density at radius 2 is 1.87 bits per heavy atom. The molecule has 2 heterocycles. The van der Waals surface area contributed by atoms with Crippen LogP contribution in [0.2, 0.25) is 0 Å². The average molecular weight is 532 g/mol. The summed E-state index contributed by atoms with van der Waals surface area (Å²) < 4.78 is 1.19. The summed E-state index contributed by atoms with van der Waals surface area (Å²) in [4.78, 5) is 10.1. The molecule has 156 valence electrons. The number of aliphatic hydroxyl groups is 1. The smallest absolute Gasteiger partial charge is 0.191 e. The molecule has 0 aliphatic heterocycles. The summed E-state index contributed by atoms with van der Waals surface area (Å²) in [6.07, 6.45) is 1.22. The molecule has 4 rings (SSSR count). The number of benzene rings is 2. The van der Waals surface area contributed by atoms with E-state index < -0.39 is 6.10 Å². The molecule has 1 atom stereocenters. The van der Waals surface area contributed by atoms with E-state index in [0.717, 1.165) is 33.3 Å². The van der Waals surface area contributed by atoms with Gasteiger partial charge in [0.1, 0.15) is 6.10 Å². The van der Waals surface area contributed by atoms with Crippen molar-refractivity contribution in [2.24, 2.45) is 4.99 Å². The lowest BCUT2D eigenvalue weighted by Crippen LogP contribution is -2.39. The van der Waals surface area contributed by atoms with Gasteiger partial charge in [-0.15, -0.1) is 35.3 Å². The number of halogens is 1. The molecule has 0 saturated carbocycles. The SMILES string of the molecule is CCNC(=NCc1cccc2cccnc12)NCC(O)c1cc2ccccc2s1.I. The number of hydrogen-bond acceptors (Lipinski definition) is 4. The van der Waals surface area contributed by atoms with Crippen molar-refractivity contribution in [2.45, 2.75) is 19.6 Å². The van der Waals surface area contributed by atoms with Crippen LogP contribution in [0.15, 0.2) is 71.9 Å². The van der Waals surface area contributed by atoms with Crippen molar-refractivity contribution in [3.8, 4) is 0 Å². The zero-order chi connectivity index (χ0) is 20.1. The van der Waals surface area contributed by atoms with Crippen molar-refractivity contribution in [1.82, 2.24) is 15.6 Å². The number of aliphatic hydroxyl groups excluding tert-OH is 1. The second kappa shape index (κ2) is 10.7. The molecule has 3 N–H and O–H groups in total. The lowest BCUT2D eigenvalue weighted by Gasteiger charge is -2.14. The van der Waals surface area contributed by atoms with Crippen LogP contribution in [0.3, 0.4) is 0 Å². The number of rotatable bonds is 6. The van der Waals surface area contributed by atoms with Gasteiger partial charge >= 0.3 is 0 Å². The molecule has 30 heavy (non-hydrogen) atoms. The van der Waals surface area contributed by atoms with Crippen LogP contribution in [0.1, 0.15) is 23.5 Å². The molecule has 0 saturated heterocycles. The number of nitrogens with zero attached hydrogens (tertiary/aromatic N) is 2. The minimum atomic E-state index is -0.588. The Balaban J connectivity index is 0.00000256. The highest BCUT2D eigenvalue weighted by molar-refractivity contribution is 14.0. The number of guanidine groups is 1. The Hall–Kier alpha value is -2.23. The van der Waals surface area contributed by atoms with E-state index >= 15 is 0 Å².